The standard InChI is InChI=1S/C16H20N4O3/c1-10(2)20-14-11(9-18-20)7-12(8-17-14)15(21)19-6-4-3-5-13(19)16(22)23/h7-10,13H,3-6H2,1-2H3,(H,22,23). The number of carboxylic acid groups (broad SMARTS) is 1. The molecule has 23 heavy (non-hydrogen) atoms. The van der Waals surface area contributed by atoms with Gasteiger partial charge in [-0.15, -0.1) is 0 Å². The van der Waals surface area contributed by atoms with E-state index in [1.165, 1.54) is 11.1 Å². The van der Waals surface area contributed by atoms with Gasteiger partial charge < -0.3 is 10.0 Å². The van der Waals surface area contributed by atoms with Crippen molar-refractivity contribution in [3.8, 4) is 0 Å². The average molecular weight is 316 g/mol. The molecule has 122 valence electrons. The van der Waals surface area contributed by atoms with Crippen LogP contribution in [0.25, 0.3) is 11.0 Å². The van der Waals surface area contributed by atoms with Crippen molar-refractivity contribution in [3.05, 3.63) is 24.0 Å². The van der Waals surface area contributed by atoms with E-state index in [4.69, 9.17) is 0 Å². The lowest BCUT2D eigenvalue weighted by Crippen LogP contribution is -2.48. The van der Waals surface area contributed by atoms with Crippen LogP contribution >= 0.6 is 0 Å². The highest BCUT2D eigenvalue weighted by molar-refractivity contribution is 5.98. The second kappa shape index (κ2) is 5.98. The lowest BCUT2D eigenvalue weighted by molar-refractivity contribution is -0.143. The monoisotopic (exact) mass is 316 g/mol. The summed E-state index contributed by atoms with van der Waals surface area (Å²) in [4.78, 5) is 29.9. The molecule has 3 heterocycles. The molecule has 2 aromatic heterocycles. The van der Waals surface area contributed by atoms with Crippen molar-refractivity contribution >= 4 is 22.9 Å². The van der Waals surface area contributed by atoms with Crippen LogP contribution in [0.1, 0.15) is 49.5 Å². The minimum Gasteiger partial charge on any atom is -0.480 e. The minimum atomic E-state index is -0.945. The van der Waals surface area contributed by atoms with E-state index in [2.05, 4.69) is 10.1 Å². The summed E-state index contributed by atoms with van der Waals surface area (Å²) in [6, 6.07) is 1.18. The maximum absolute atomic E-state index is 12.7. The van der Waals surface area contributed by atoms with Crippen LogP contribution in [0.2, 0.25) is 0 Å². The Labute approximate surface area is 133 Å². The maximum Gasteiger partial charge on any atom is 0.326 e. The number of amides is 1. The van der Waals surface area contributed by atoms with Gasteiger partial charge in [0.15, 0.2) is 5.65 Å². The molecule has 1 saturated heterocycles. The Balaban J connectivity index is 1.92. The molecule has 1 fully saturated rings. The zero-order valence-electron chi connectivity index (χ0n) is 13.3. The highest BCUT2D eigenvalue weighted by atomic mass is 16.4. The van der Waals surface area contributed by atoms with Gasteiger partial charge in [-0.2, -0.15) is 5.10 Å². The number of carbonyl (C=O) groups excluding carboxylic acids is 1. The van der Waals surface area contributed by atoms with Crippen LogP contribution in [0, 0.1) is 0 Å². The molecule has 0 aliphatic carbocycles. The van der Waals surface area contributed by atoms with E-state index < -0.39 is 12.0 Å². The molecule has 1 aliphatic heterocycles. The van der Waals surface area contributed by atoms with Crippen LogP contribution in [-0.4, -0.2) is 49.2 Å². The molecular weight excluding hydrogens is 296 g/mol. The van der Waals surface area contributed by atoms with Crippen molar-refractivity contribution in [2.24, 2.45) is 0 Å². The maximum atomic E-state index is 12.7. The second-order valence-corrected chi connectivity index (χ2v) is 6.17. The molecule has 0 bridgehead atoms. The third-order valence-electron chi connectivity index (χ3n) is 4.22. The van der Waals surface area contributed by atoms with Gasteiger partial charge in [-0.1, -0.05) is 0 Å². The van der Waals surface area contributed by atoms with Gasteiger partial charge in [0, 0.05) is 24.2 Å². The SMILES string of the molecule is CC(C)n1ncc2cc(C(=O)N3CCCCC3C(=O)O)cnc21. The molecule has 3 rings (SSSR count). The Hall–Kier alpha value is -2.44. The second-order valence-electron chi connectivity index (χ2n) is 6.17. The number of hydrogen-bond acceptors (Lipinski definition) is 4. The fourth-order valence-corrected chi connectivity index (χ4v) is 3.03. The van der Waals surface area contributed by atoms with Crippen molar-refractivity contribution in [3.63, 3.8) is 0 Å². The quantitative estimate of drug-likeness (QED) is 0.936. The van der Waals surface area contributed by atoms with E-state index >= 15 is 0 Å². The molecule has 0 saturated carbocycles. The number of fused-ring (bicyclic) bond motifs is 1. The molecular formula is C16H20N4O3. The van der Waals surface area contributed by atoms with Gasteiger partial charge in [0.05, 0.1) is 11.8 Å². The Morgan fingerprint density at radius 3 is 2.78 bits per heavy atom. The van der Waals surface area contributed by atoms with E-state index in [9.17, 15) is 14.7 Å². The Kier molecular flexibility index (Phi) is 4.02. The summed E-state index contributed by atoms with van der Waals surface area (Å²) >= 11 is 0. The number of carbonyl (C=O) groups is 2. The van der Waals surface area contributed by atoms with E-state index in [1.807, 2.05) is 13.8 Å². The van der Waals surface area contributed by atoms with Gasteiger partial charge in [-0.3, -0.25) is 4.79 Å². The first-order chi connectivity index (χ1) is 11.0. The van der Waals surface area contributed by atoms with Crippen LogP contribution in [-0.2, 0) is 4.79 Å². The van der Waals surface area contributed by atoms with Crippen LogP contribution in [0.3, 0.4) is 0 Å². The summed E-state index contributed by atoms with van der Waals surface area (Å²) in [6.45, 7) is 4.50. The third kappa shape index (κ3) is 2.78. The molecule has 7 nitrogen and oxygen atoms in total. The van der Waals surface area contributed by atoms with Crippen molar-refractivity contribution in [2.45, 2.75) is 45.2 Å². The van der Waals surface area contributed by atoms with Crippen molar-refractivity contribution < 1.29 is 14.7 Å². The highest BCUT2D eigenvalue weighted by Crippen LogP contribution is 2.22. The van der Waals surface area contributed by atoms with Gasteiger partial charge in [0.25, 0.3) is 5.91 Å². The Bertz CT molecular complexity index is 753. The molecule has 1 aliphatic rings. The first kappa shape index (κ1) is 15.5. The van der Waals surface area contributed by atoms with Crippen molar-refractivity contribution in [2.75, 3.05) is 6.54 Å². The summed E-state index contributed by atoms with van der Waals surface area (Å²) in [7, 11) is 0. The van der Waals surface area contributed by atoms with Gasteiger partial charge in [-0.05, 0) is 39.2 Å². The molecule has 1 unspecified atom stereocenters. The van der Waals surface area contributed by atoms with E-state index in [0.29, 0.717) is 18.5 Å². The van der Waals surface area contributed by atoms with Crippen LogP contribution in [0.4, 0.5) is 0 Å². The largest absolute Gasteiger partial charge is 0.480 e. The molecule has 0 spiro atoms. The first-order valence-corrected chi connectivity index (χ1v) is 7.86. The van der Waals surface area contributed by atoms with Crippen LogP contribution in [0.15, 0.2) is 18.5 Å². The molecule has 2 aromatic rings. The zero-order valence-corrected chi connectivity index (χ0v) is 13.3. The van der Waals surface area contributed by atoms with Crippen molar-refractivity contribution in [1.82, 2.24) is 19.7 Å². The first-order valence-electron chi connectivity index (χ1n) is 7.86. The average Bonchev–Trinajstić information content (AvgIpc) is 2.97. The summed E-state index contributed by atoms with van der Waals surface area (Å²) < 4.78 is 1.80. The fraction of sp³-hybridized carbons (Fsp3) is 0.500. The summed E-state index contributed by atoms with van der Waals surface area (Å²) in [5.74, 6) is -1.22. The summed E-state index contributed by atoms with van der Waals surface area (Å²) in [6.07, 6.45) is 5.36. The number of pyridine rings is 1. The number of likely N-dealkylation sites (tertiary alicyclic amines) is 1. The number of aliphatic carboxylic acids is 1. The Morgan fingerprint density at radius 1 is 1.30 bits per heavy atom. The van der Waals surface area contributed by atoms with E-state index in [1.54, 1.807) is 16.9 Å². The summed E-state index contributed by atoms with van der Waals surface area (Å²) in [5.41, 5.74) is 1.14. The van der Waals surface area contributed by atoms with Gasteiger partial charge in [0.1, 0.15) is 6.04 Å². The summed E-state index contributed by atoms with van der Waals surface area (Å²) in [5, 5.41) is 14.4. The molecule has 1 atom stereocenters. The number of carboxylic acids is 1. The van der Waals surface area contributed by atoms with E-state index in [0.717, 1.165) is 23.9 Å². The lowest BCUT2D eigenvalue weighted by atomic mass is 10.0. The van der Waals surface area contributed by atoms with Crippen LogP contribution in [0.5, 0.6) is 0 Å². The van der Waals surface area contributed by atoms with Gasteiger partial charge in [0.2, 0.25) is 0 Å². The van der Waals surface area contributed by atoms with E-state index in [-0.39, 0.29) is 11.9 Å². The number of aromatic nitrogens is 3. The molecule has 7 heteroatoms. The predicted molar refractivity (Wildman–Crippen MR) is 84.2 cm³/mol. The fourth-order valence-electron chi connectivity index (χ4n) is 3.03. The molecule has 1 N–H and O–H groups in total. The topological polar surface area (TPSA) is 88.3 Å². The minimum absolute atomic E-state index is 0.181. The highest BCUT2D eigenvalue weighted by Gasteiger charge is 2.32. The number of piperidine rings is 1. The molecule has 1 amide bonds. The van der Waals surface area contributed by atoms with Crippen LogP contribution < -0.4 is 0 Å². The smallest absolute Gasteiger partial charge is 0.326 e. The Morgan fingerprint density at radius 2 is 2.09 bits per heavy atom. The van der Waals surface area contributed by atoms with Crippen molar-refractivity contribution in [1.29, 1.82) is 0 Å². The third-order valence-corrected chi connectivity index (χ3v) is 4.22. The lowest BCUT2D eigenvalue weighted by Gasteiger charge is -2.32. The molecule has 0 radical (unpaired) electrons. The number of nitrogens with zero attached hydrogens (tertiary/aromatic N) is 4. The number of hydrogen-bond donors (Lipinski definition) is 1. The normalized spacial score (nSPS) is 18.6. The predicted octanol–water partition coefficient (Wildman–Crippen LogP) is 2.09. The molecule has 0 aromatic carbocycles. The van der Waals surface area contributed by atoms with Gasteiger partial charge >= 0.3 is 5.97 Å². The van der Waals surface area contributed by atoms with Gasteiger partial charge in [-0.25, -0.2) is 14.5 Å². The number of rotatable bonds is 3. The zero-order chi connectivity index (χ0) is 16.6.